The molecular weight excluding hydrogens is 226 g/mol. The summed E-state index contributed by atoms with van der Waals surface area (Å²) in [6.07, 6.45) is 1.47. The van der Waals surface area contributed by atoms with Crippen molar-refractivity contribution >= 4 is 17.3 Å². The highest BCUT2D eigenvalue weighted by Crippen LogP contribution is 2.26. The molecule has 0 fully saturated rings. The highest BCUT2D eigenvalue weighted by molar-refractivity contribution is 5.62. The Morgan fingerprint density at radius 1 is 1.11 bits per heavy atom. The number of nitrogen functional groups attached to an aromatic ring is 1. The fourth-order valence-electron chi connectivity index (χ4n) is 1.76. The highest BCUT2D eigenvalue weighted by atomic mass is 15.3. The lowest BCUT2D eigenvalue weighted by Gasteiger charge is -2.14. The maximum atomic E-state index is 5.32. The molecule has 0 aliphatic rings. The van der Waals surface area contributed by atoms with E-state index in [0.29, 0.717) is 17.6 Å². The van der Waals surface area contributed by atoms with Crippen LogP contribution in [0.25, 0.3) is 0 Å². The molecule has 0 saturated carbocycles. The molecule has 2 aromatic rings. The molecule has 0 spiro atoms. The lowest BCUT2D eigenvalue weighted by atomic mass is 10.0. The molecule has 5 nitrogen and oxygen atoms in total. The summed E-state index contributed by atoms with van der Waals surface area (Å²) in [6, 6.07) is 9.94. The van der Waals surface area contributed by atoms with Gasteiger partial charge >= 0.3 is 0 Å². The summed E-state index contributed by atoms with van der Waals surface area (Å²) >= 11 is 0. The highest BCUT2D eigenvalue weighted by Gasteiger charge is 2.06. The van der Waals surface area contributed by atoms with Crippen LogP contribution in [0.5, 0.6) is 0 Å². The molecule has 1 aromatic carbocycles. The minimum atomic E-state index is 0.447. The lowest BCUT2D eigenvalue weighted by Crippen LogP contribution is -2.09. The van der Waals surface area contributed by atoms with Crippen molar-refractivity contribution in [1.29, 1.82) is 0 Å². The van der Waals surface area contributed by atoms with Gasteiger partial charge in [0.2, 0.25) is 0 Å². The molecule has 0 radical (unpaired) electrons. The largest absolute Gasteiger partial charge is 0.340 e. The van der Waals surface area contributed by atoms with Gasteiger partial charge in [0.1, 0.15) is 18.0 Å². The van der Waals surface area contributed by atoms with E-state index < -0.39 is 0 Å². The Kier molecular flexibility index (Phi) is 3.74. The van der Waals surface area contributed by atoms with E-state index in [1.807, 2.05) is 18.2 Å². The zero-order chi connectivity index (χ0) is 13.0. The van der Waals surface area contributed by atoms with Crippen molar-refractivity contribution in [2.75, 3.05) is 10.7 Å². The van der Waals surface area contributed by atoms with Crippen molar-refractivity contribution < 1.29 is 0 Å². The number of hydrogen-bond acceptors (Lipinski definition) is 5. The Hall–Kier alpha value is -2.14. The third kappa shape index (κ3) is 2.75. The van der Waals surface area contributed by atoms with Crippen molar-refractivity contribution in [3.63, 3.8) is 0 Å². The van der Waals surface area contributed by atoms with E-state index in [4.69, 9.17) is 5.84 Å². The van der Waals surface area contributed by atoms with Crippen molar-refractivity contribution in [1.82, 2.24) is 9.97 Å². The Balaban J connectivity index is 2.28. The number of hydrazine groups is 1. The average molecular weight is 243 g/mol. The monoisotopic (exact) mass is 243 g/mol. The van der Waals surface area contributed by atoms with Crippen LogP contribution in [-0.4, -0.2) is 9.97 Å². The predicted molar refractivity (Wildman–Crippen MR) is 73.7 cm³/mol. The molecule has 18 heavy (non-hydrogen) atoms. The van der Waals surface area contributed by atoms with E-state index in [0.717, 1.165) is 5.69 Å². The molecule has 0 saturated heterocycles. The van der Waals surface area contributed by atoms with Gasteiger partial charge in [0, 0.05) is 11.8 Å². The summed E-state index contributed by atoms with van der Waals surface area (Å²) in [6.45, 7) is 4.32. The zero-order valence-corrected chi connectivity index (χ0v) is 10.5. The Bertz CT molecular complexity index is 524. The van der Waals surface area contributed by atoms with Crippen molar-refractivity contribution in [2.24, 2.45) is 5.84 Å². The molecule has 4 N–H and O–H groups in total. The van der Waals surface area contributed by atoms with Gasteiger partial charge in [-0.3, -0.25) is 0 Å². The second-order valence-electron chi connectivity index (χ2n) is 4.30. The fraction of sp³-hybridized carbons (Fsp3) is 0.231. The maximum Gasteiger partial charge on any atom is 0.145 e. The van der Waals surface area contributed by atoms with E-state index in [1.54, 1.807) is 6.07 Å². The first-order valence-corrected chi connectivity index (χ1v) is 5.85. The zero-order valence-electron chi connectivity index (χ0n) is 10.5. The predicted octanol–water partition coefficient (Wildman–Crippen LogP) is 2.63. The molecule has 0 aliphatic carbocycles. The quantitative estimate of drug-likeness (QED) is 0.568. The van der Waals surface area contributed by atoms with Gasteiger partial charge in [0.25, 0.3) is 0 Å². The number of hydrogen-bond donors (Lipinski definition) is 3. The minimum absolute atomic E-state index is 0.447. The molecule has 0 bridgehead atoms. The van der Waals surface area contributed by atoms with Gasteiger partial charge in [-0.25, -0.2) is 15.8 Å². The van der Waals surface area contributed by atoms with Crippen LogP contribution in [0, 0.1) is 0 Å². The van der Waals surface area contributed by atoms with Crippen LogP contribution in [0.15, 0.2) is 36.7 Å². The number of nitrogens with two attached hydrogens (primary N) is 1. The topological polar surface area (TPSA) is 75.9 Å². The minimum Gasteiger partial charge on any atom is -0.340 e. The molecule has 0 aliphatic heterocycles. The third-order valence-electron chi connectivity index (χ3n) is 2.66. The van der Waals surface area contributed by atoms with E-state index in [9.17, 15) is 0 Å². The molecule has 1 aromatic heterocycles. The molecule has 0 amide bonds. The maximum absolute atomic E-state index is 5.32. The van der Waals surface area contributed by atoms with Crippen molar-refractivity contribution in [3.05, 3.63) is 42.2 Å². The van der Waals surface area contributed by atoms with E-state index in [-0.39, 0.29) is 0 Å². The standard InChI is InChI=1S/C13H17N5/c1-9(2)10-5-3-4-6-11(10)17-12-7-13(18-14)16-8-15-12/h3-9H,14H2,1-2H3,(H2,15,16,17,18). The van der Waals surface area contributed by atoms with Crippen LogP contribution in [0.2, 0.25) is 0 Å². The Labute approximate surface area is 106 Å². The van der Waals surface area contributed by atoms with Crippen LogP contribution >= 0.6 is 0 Å². The molecule has 2 rings (SSSR count). The van der Waals surface area contributed by atoms with Gasteiger partial charge in [-0.1, -0.05) is 32.0 Å². The first kappa shape index (κ1) is 12.3. The summed E-state index contributed by atoms with van der Waals surface area (Å²) in [7, 11) is 0. The van der Waals surface area contributed by atoms with Gasteiger partial charge < -0.3 is 10.7 Å². The third-order valence-corrected chi connectivity index (χ3v) is 2.66. The van der Waals surface area contributed by atoms with Gasteiger partial charge in [-0.05, 0) is 17.5 Å². The SMILES string of the molecule is CC(C)c1ccccc1Nc1cc(NN)ncn1. The van der Waals surface area contributed by atoms with Crippen LogP contribution < -0.4 is 16.6 Å². The second kappa shape index (κ2) is 5.46. The number of anilines is 3. The van der Waals surface area contributed by atoms with Crippen molar-refractivity contribution in [3.8, 4) is 0 Å². The van der Waals surface area contributed by atoms with Gasteiger partial charge in [-0.15, -0.1) is 0 Å². The number of rotatable bonds is 4. The first-order valence-electron chi connectivity index (χ1n) is 5.85. The van der Waals surface area contributed by atoms with Gasteiger partial charge in [-0.2, -0.15) is 0 Å². The van der Waals surface area contributed by atoms with Crippen LogP contribution in [0.4, 0.5) is 17.3 Å². The molecule has 94 valence electrons. The van der Waals surface area contributed by atoms with E-state index in [1.165, 1.54) is 11.9 Å². The van der Waals surface area contributed by atoms with Crippen LogP contribution in [0.1, 0.15) is 25.3 Å². The molecule has 0 unspecified atom stereocenters. The molecular formula is C13H17N5. The second-order valence-corrected chi connectivity index (χ2v) is 4.30. The lowest BCUT2D eigenvalue weighted by molar-refractivity contribution is 0.869. The Morgan fingerprint density at radius 2 is 1.83 bits per heavy atom. The number of para-hydroxylation sites is 1. The number of benzene rings is 1. The summed E-state index contributed by atoms with van der Waals surface area (Å²) in [5.41, 5.74) is 4.80. The number of nitrogens with zero attached hydrogens (tertiary/aromatic N) is 2. The van der Waals surface area contributed by atoms with Crippen molar-refractivity contribution in [2.45, 2.75) is 19.8 Å². The summed E-state index contributed by atoms with van der Waals surface area (Å²) in [5.74, 6) is 7.06. The molecule has 0 atom stereocenters. The number of aromatic nitrogens is 2. The smallest absolute Gasteiger partial charge is 0.145 e. The molecule has 1 heterocycles. The summed E-state index contributed by atoms with van der Waals surface area (Å²) < 4.78 is 0. The normalized spacial score (nSPS) is 10.4. The van der Waals surface area contributed by atoms with Gasteiger partial charge in [0.15, 0.2) is 0 Å². The summed E-state index contributed by atoms with van der Waals surface area (Å²) in [4.78, 5) is 8.14. The van der Waals surface area contributed by atoms with Crippen LogP contribution in [0.3, 0.4) is 0 Å². The van der Waals surface area contributed by atoms with E-state index >= 15 is 0 Å². The molecule has 5 heteroatoms. The van der Waals surface area contributed by atoms with E-state index in [2.05, 4.69) is 40.6 Å². The summed E-state index contributed by atoms with van der Waals surface area (Å²) in [5, 5.41) is 3.28. The average Bonchev–Trinajstić information content (AvgIpc) is 2.39. The number of nitrogens with one attached hydrogen (secondary N) is 2. The Morgan fingerprint density at radius 3 is 2.56 bits per heavy atom. The first-order chi connectivity index (χ1) is 8.70. The fourth-order valence-corrected chi connectivity index (χ4v) is 1.76. The van der Waals surface area contributed by atoms with Crippen LogP contribution in [-0.2, 0) is 0 Å². The van der Waals surface area contributed by atoms with Gasteiger partial charge in [0.05, 0.1) is 0 Å².